The average Bonchev–Trinajstić information content (AvgIpc) is 3.46. The Hall–Kier alpha value is -3.26. The Bertz CT molecular complexity index is 1060. The van der Waals surface area contributed by atoms with Crippen molar-refractivity contribution in [2.24, 2.45) is 0 Å². The van der Waals surface area contributed by atoms with Gasteiger partial charge in [-0.15, -0.1) is 10.2 Å². The summed E-state index contributed by atoms with van der Waals surface area (Å²) >= 11 is 0. The van der Waals surface area contributed by atoms with E-state index in [1.807, 2.05) is 24.7 Å². The summed E-state index contributed by atoms with van der Waals surface area (Å²) in [5.74, 6) is 0.909. The highest BCUT2D eigenvalue weighted by atomic mass is 15.3. The second-order valence-electron chi connectivity index (χ2n) is 7.18. The number of piperidine rings is 1. The second kappa shape index (κ2) is 7.05. The van der Waals surface area contributed by atoms with Gasteiger partial charge in [0.1, 0.15) is 0 Å². The molecule has 0 atom stereocenters. The van der Waals surface area contributed by atoms with Gasteiger partial charge < -0.3 is 10.2 Å². The molecular formula is C20H22N8. The van der Waals surface area contributed by atoms with Crippen LogP contribution in [0.2, 0.25) is 0 Å². The average molecular weight is 374 g/mol. The number of H-pyrrole nitrogens is 2. The fourth-order valence-electron chi connectivity index (χ4n) is 3.94. The van der Waals surface area contributed by atoms with Gasteiger partial charge in [0.25, 0.3) is 0 Å². The zero-order valence-electron chi connectivity index (χ0n) is 15.7. The molecule has 0 unspecified atom stereocenters. The van der Waals surface area contributed by atoms with Gasteiger partial charge in [-0.1, -0.05) is 6.07 Å². The van der Waals surface area contributed by atoms with Crippen molar-refractivity contribution in [1.82, 2.24) is 35.9 Å². The molecule has 4 aromatic rings. The standard InChI is InChI=1S/C20H22N8/c1-28(14-6-8-21-9-7-14)19-5-4-18(25-26-19)16-3-2-15(13-10-22-23-11-13)17-12-24-27-20(16)17/h2-5,10-12,14,21H,6-9H2,1H3,(H,22,23)(H,24,27). The monoisotopic (exact) mass is 374 g/mol. The Balaban J connectivity index is 1.47. The topological polar surface area (TPSA) is 98.4 Å². The van der Waals surface area contributed by atoms with E-state index in [2.05, 4.69) is 66.1 Å². The molecule has 8 nitrogen and oxygen atoms in total. The van der Waals surface area contributed by atoms with Crippen LogP contribution >= 0.6 is 0 Å². The molecular weight excluding hydrogens is 352 g/mol. The van der Waals surface area contributed by atoms with E-state index in [0.717, 1.165) is 65.0 Å². The number of nitrogens with one attached hydrogen (secondary N) is 3. The van der Waals surface area contributed by atoms with Gasteiger partial charge in [0.15, 0.2) is 5.82 Å². The molecule has 0 saturated carbocycles. The van der Waals surface area contributed by atoms with Crippen LogP contribution in [0.1, 0.15) is 12.8 Å². The van der Waals surface area contributed by atoms with Crippen LogP contribution in [0.3, 0.4) is 0 Å². The number of hydrogen-bond acceptors (Lipinski definition) is 6. The number of rotatable bonds is 4. The van der Waals surface area contributed by atoms with Crippen LogP contribution in [0.15, 0.2) is 42.9 Å². The lowest BCUT2D eigenvalue weighted by Gasteiger charge is -2.32. The fourth-order valence-corrected chi connectivity index (χ4v) is 3.94. The molecule has 0 spiro atoms. The number of fused-ring (bicyclic) bond motifs is 1. The number of anilines is 1. The van der Waals surface area contributed by atoms with Crippen LogP contribution in [0.5, 0.6) is 0 Å². The first-order valence-electron chi connectivity index (χ1n) is 9.54. The zero-order chi connectivity index (χ0) is 18.9. The molecule has 3 aromatic heterocycles. The minimum Gasteiger partial charge on any atom is -0.355 e. The summed E-state index contributed by atoms with van der Waals surface area (Å²) in [6, 6.07) is 8.73. The minimum absolute atomic E-state index is 0.509. The van der Waals surface area contributed by atoms with E-state index in [-0.39, 0.29) is 0 Å². The van der Waals surface area contributed by atoms with Gasteiger partial charge in [0.2, 0.25) is 0 Å². The Morgan fingerprint density at radius 1 is 0.964 bits per heavy atom. The number of aromatic nitrogens is 6. The second-order valence-corrected chi connectivity index (χ2v) is 7.18. The quantitative estimate of drug-likeness (QED) is 0.508. The molecule has 1 aromatic carbocycles. The van der Waals surface area contributed by atoms with Crippen molar-refractivity contribution < 1.29 is 0 Å². The molecule has 4 heterocycles. The predicted octanol–water partition coefficient (Wildman–Crippen LogP) is 2.60. The number of hydrogen-bond donors (Lipinski definition) is 3. The highest BCUT2D eigenvalue weighted by Gasteiger charge is 2.19. The van der Waals surface area contributed by atoms with Crippen LogP contribution in [0.25, 0.3) is 33.3 Å². The van der Waals surface area contributed by atoms with Crippen molar-refractivity contribution in [3.63, 3.8) is 0 Å². The van der Waals surface area contributed by atoms with Crippen molar-refractivity contribution in [2.45, 2.75) is 18.9 Å². The molecule has 1 aliphatic heterocycles. The van der Waals surface area contributed by atoms with Gasteiger partial charge in [-0.3, -0.25) is 10.2 Å². The highest BCUT2D eigenvalue weighted by Crippen LogP contribution is 2.33. The Labute approximate surface area is 162 Å². The molecule has 0 aliphatic carbocycles. The summed E-state index contributed by atoms with van der Waals surface area (Å²) in [5, 5.41) is 27.7. The van der Waals surface area contributed by atoms with Crippen molar-refractivity contribution >= 4 is 16.7 Å². The maximum Gasteiger partial charge on any atom is 0.151 e. The van der Waals surface area contributed by atoms with E-state index in [4.69, 9.17) is 0 Å². The SMILES string of the molecule is CN(c1ccc(-c2ccc(-c3cn[nH]c3)c3cn[nH]c23)nn1)C1CCNCC1. The van der Waals surface area contributed by atoms with Crippen molar-refractivity contribution in [2.75, 3.05) is 25.0 Å². The normalized spacial score (nSPS) is 15.2. The molecule has 1 aliphatic rings. The third-order valence-electron chi connectivity index (χ3n) is 5.57. The van der Waals surface area contributed by atoms with Crippen LogP contribution in [0.4, 0.5) is 5.82 Å². The van der Waals surface area contributed by atoms with E-state index in [9.17, 15) is 0 Å². The Kier molecular flexibility index (Phi) is 4.25. The molecule has 0 radical (unpaired) electrons. The van der Waals surface area contributed by atoms with E-state index < -0.39 is 0 Å². The maximum atomic E-state index is 4.51. The first-order chi connectivity index (χ1) is 13.8. The van der Waals surface area contributed by atoms with Crippen LogP contribution < -0.4 is 10.2 Å². The molecule has 5 rings (SSSR count). The first-order valence-corrected chi connectivity index (χ1v) is 9.54. The number of benzene rings is 1. The van der Waals surface area contributed by atoms with Gasteiger partial charge in [0.05, 0.1) is 23.6 Å². The summed E-state index contributed by atoms with van der Waals surface area (Å²) in [5.41, 5.74) is 4.88. The zero-order valence-corrected chi connectivity index (χ0v) is 15.7. The molecule has 3 N–H and O–H groups in total. The van der Waals surface area contributed by atoms with Gasteiger partial charge in [0, 0.05) is 35.8 Å². The largest absolute Gasteiger partial charge is 0.355 e. The van der Waals surface area contributed by atoms with Crippen LogP contribution in [0, 0.1) is 0 Å². The lowest BCUT2D eigenvalue weighted by Crippen LogP contribution is -2.41. The van der Waals surface area contributed by atoms with Gasteiger partial charge >= 0.3 is 0 Å². The lowest BCUT2D eigenvalue weighted by atomic mass is 10.00. The summed E-state index contributed by atoms with van der Waals surface area (Å²) in [7, 11) is 2.10. The maximum absolute atomic E-state index is 4.51. The van der Waals surface area contributed by atoms with E-state index >= 15 is 0 Å². The molecule has 0 amide bonds. The van der Waals surface area contributed by atoms with Crippen LogP contribution in [-0.4, -0.2) is 56.8 Å². The number of nitrogens with zero attached hydrogens (tertiary/aromatic N) is 5. The first kappa shape index (κ1) is 16.9. The van der Waals surface area contributed by atoms with Crippen molar-refractivity contribution in [3.05, 3.63) is 42.9 Å². The highest BCUT2D eigenvalue weighted by molar-refractivity contribution is 6.01. The van der Waals surface area contributed by atoms with Crippen LogP contribution in [-0.2, 0) is 0 Å². The van der Waals surface area contributed by atoms with Gasteiger partial charge in [-0.05, 0) is 49.7 Å². The third kappa shape index (κ3) is 2.91. The smallest absolute Gasteiger partial charge is 0.151 e. The Morgan fingerprint density at radius 3 is 2.57 bits per heavy atom. The molecule has 8 heteroatoms. The van der Waals surface area contributed by atoms with Gasteiger partial charge in [-0.25, -0.2) is 0 Å². The lowest BCUT2D eigenvalue weighted by molar-refractivity contribution is 0.441. The summed E-state index contributed by atoms with van der Waals surface area (Å²) in [4.78, 5) is 2.24. The van der Waals surface area contributed by atoms with Crippen molar-refractivity contribution in [1.29, 1.82) is 0 Å². The van der Waals surface area contributed by atoms with Gasteiger partial charge in [-0.2, -0.15) is 10.2 Å². The Morgan fingerprint density at radius 2 is 1.82 bits per heavy atom. The third-order valence-corrected chi connectivity index (χ3v) is 5.57. The van der Waals surface area contributed by atoms with Crippen molar-refractivity contribution in [3.8, 4) is 22.4 Å². The fraction of sp³-hybridized carbons (Fsp3) is 0.300. The summed E-state index contributed by atoms with van der Waals surface area (Å²) in [6.07, 6.45) is 7.79. The predicted molar refractivity (Wildman–Crippen MR) is 109 cm³/mol. The number of aromatic amines is 2. The summed E-state index contributed by atoms with van der Waals surface area (Å²) in [6.45, 7) is 2.11. The molecule has 1 fully saturated rings. The van der Waals surface area contributed by atoms with E-state index in [1.165, 1.54) is 0 Å². The van der Waals surface area contributed by atoms with E-state index in [0.29, 0.717) is 6.04 Å². The molecule has 1 saturated heterocycles. The van der Waals surface area contributed by atoms with E-state index in [1.54, 1.807) is 0 Å². The minimum atomic E-state index is 0.509. The molecule has 28 heavy (non-hydrogen) atoms. The summed E-state index contributed by atoms with van der Waals surface area (Å²) < 4.78 is 0. The molecule has 142 valence electrons. The molecule has 0 bridgehead atoms.